The van der Waals surface area contributed by atoms with Crippen molar-refractivity contribution < 1.29 is 4.79 Å². The predicted octanol–water partition coefficient (Wildman–Crippen LogP) is 6.13. The molecular formula is C19H16Cl4N4OS. The van der Waals surface area contributed by atoms with Gasteiger partial charge in [0.2, 0.25) is 0 Å². The Morgan fingerprint density at radius 3 is 2.52 bits per heavy atom. The van der Waals surface area contributed by atoms with Crippen molar-refractivity contribution in [2.45, 2.75) is 30.9 Å². The molecule has 0 aliphatic carbocycles. The Hall–Kier alpha value is -1.44. The van der Waals surface area contributed by atoms with E-state index < -0.39 is 0 Å². The van der Waals surface area contributed by atoms with Gasteiger partial charge in [-0.1, -0.05) is 64.2 Å². The first-order valence-corrected chi connectivity index (χ1v) is 11.1. The smallest absolute Gasteiger partial charge is 0.253 e. The van der Waals surface area contributed by atoms with Gasteiger partial charge in [-0.05, 0) is 42.8 Å². The molecule has 0 bridgehead atoms. The minimum atomic E-state index is -0.303. The monoisotopic (exact) mass is 488 g/mol. The molecule has 3 rings (SSSR count). The van der Waals surface area contributed by atoms with Crippen LogP contribution in [-0.2, 0) is 18.8 Å². The number of halogens is 4. The van der Waals surface area contributed by atoms with Gasteiger partial charge in [0.1, 0.15) is 0 Å². The number of hydrogen-bond acceptors (Lipinski definition) is 4. The second-order valence-corrected chi connectivity index (χ2v) is 8.59. The van der Waals surface area contributed by atoms with Crippen molar-refractivity contribution in [3.63, 3.8) is 0 Å². The molecule has 2 aromatic carbocycles. The molecule has 152 valence electrons. The van der Waals surface area contributed by atoms with Crippen LogP contribution in [0.4, 0.5) is 0 Å². The maximum Gasteiger partial charge on any atom is 0.253 e. The van der Waals surface area contributed by atoms with E-state index in [1.807, 2.05) is 23.6 Å². The topological polar surface area (TPSA) is 59.8 Å². The molecule has 5 nitrogen and oxygen atoms in total. The summed E-state index contributed by atoms with van der Waals surface area (Å²) in [7, 11) is 0. The molecule has 0 aliphatic rings. The molecule has 1 heterocycles. The van der Waals surface area contributed by atoms with E-state index in [9.17, 15) is 4.79 Å². The molecule has 0 atom stereocenters. The summed E-state index contributed by atoms with van der Waals surface area (Å²) >= 11 is 25.5. The lowest BCUT2D eigenvalue weighted by Crippen LogP contribution is -2.25. The summed E-state index contributed by atoms with van der Waals surface area (Å²) in [5, 5.41) is 13.8. The number of carbonyl (C=O) groups is 1. The number of carbonyl (C=O) groups excluding carboxylic acids is 1. The summed E-state index contributed by atoms with van der Waals surface area (Å²) in [6, 6.07) is 10.3. The number of benzene rings is 2. The van der Waals surface area contributed by atoms with Crippen LogP contribution in [0.25, 0.3) is 0 Å². The zero-order valence-corrected chi connectivity index (χ0v) is 19.1. The SMILES string of the molecule is CCn1c(CNC(=O)c2ccc(Cl)cc2Cl)nnc1SCc1ccc(Cl)c(Cl)c1. The van der Waals surface area contributed by atoms with Crippen LogP contribution >= 0.6 is 58.2 Å². The van der Waals surface area contributed by atoms with Gasteiger partial charge in [-0.25, -0.2) is 0 Å². The second kappa shape index (κ2) is 10.0. The first-order valence-electron chi connectivity index (χ1n) is 8.61. The highest BCUT2D eigenvalue weighted by Crippen LogP contribution is 2.27. The minimum absolute atomic E-state index is 0.228. The van der Waals surface area contributed by atoms with Crippen molar-refractivity contribution in [3.8, 4) is 0 Å². The third-order valence-corrected chi connectivity index (χ3v) is 6.37. The largest absolute Gasteiger partial charge is 0.345 e. The van der Waals surface area contributed by atoms with E-state index in [0.29, 0.717) is 43.8 Å². The molecule has 29 heavy (non-hydrogen) atoms. The number of aromatic nitrogens is 3. The van der Waals surface area contributed by atoms with Gasteiger partial charge >= 0.3 is 0 Å². The lowest BCUT2D eigenvalue weighted by Gasteiger charge is -2.09. The fraction of sp³-hybridized carbons (Fsp3) is 0.211. The van der Waals surface area contributed by atoms with Crippen molar-refractivity contribution in [1.82, 2.24) is 20.1 Å². The standard InChI is InChI=1S/C19H16Cl4N4OS/c1-2-27-17(9-24-18(28)13-5-4-12(20)8-15(13)22)25-26-19(27)29-10-11-3-6-14(21)16(23)7-11/h3-8H,2,9-10H2,1H3,(H,24,28). The number of rotatable bonds is 7. The minimum Gasteiger partial charge on any atom is -0.345 e. The first kappa shape index (κ1) is 22.2. The van der Waals surface area contributed by atoms with Crippen molar-refractivity contribution in [3.05, 3.63) is 73.4 Å². The molecule has 1 aromatic heterocycles. The molecule has 0 aliphatic heterocycles. The first-order chi connectivity index (χ1) is 13.9. The van der Waals surface area contributed by atoms with Gasteiger partial charge in [-0.15, -0.1) is 10.2 Å². The van der Waals surface area contributed by atoms with Gasteiger partial charge < -0.3 is 9.88 Å². The van der Waals surface area contributed by atoms with Crippen LogP contribution in [0.1, 0.15) is 28.7 Å². The highest BCUT2D eigenvalue weighted by atomic mass is 35.5. The predicted molar refractivity (Wildman–Crippen MR) is 119 cm³/mol. The van der Waals surface area contributed by atoms with Gasteiger partial charge in [0.15, 0.2) is 11.0 Å². The van der Waals surface area contributed by atoms with Gasteiger partial charge in [0.25, 0.3) is 5.91 Å². The van der Waals surface area contributed by atoms with Crippen molar-refractivity contribution in [1.29, 1.82) is 0 Å². The number of amides is 1. The van der Waals surface area contributed by atoms with E-state index in [4.69, 9.17) is 46.4 Å². The maximum absolute atomic E-state index is 12.4. The molecule has 1 N–H and O–H groups in total. The van der Waals surface area contributed by atoms with E-state index in [0.717, 1.165) is 10.7 Å². The van der Waals surface area contributed by atoms with Crippen LogP contribution in [0.15, 0.2) is 41.6 Å². The van der Waals surface area contributed by atoms with E-state index >= 15 is 0 Å². The quantitative estimate of drug-likeness (QED) is 0.405. The molecule has 0 saturated heterocycles. The van der Waals surface area contributed by atoms with Gasteiger partial charge in [-0.2, -0.15) is 0 Å². The molecule has 3 aromatic rings. The Morgan fingerprint density at radius 2 is 1.83 bits per heavy atom. The van der Waals surface area contributed by atoms with E-state index in [2.05, 4.69) is 15.5 Å². The molecule has 0 radical (unpaired) electrons. The zero-order chi connectivity index (χ0) is 21.0. The maximum atomic E-state index is 12.4. The third kappa shape index (κ3) is 5.58. The summed E-state index contributed by atoms with van der Waals surface area (Å²) < 4.78 is 1.95. The van der Waals surface area contributed by atoms with E-state index in [-0.39, 0.29) is 12.5 Å². The molecule has 10 heteroatoms. The fourth-order valence-electron chi connectivity index (χ4n) is 2.58. The lowest BCUT2D eigenvalue weighted by molar-refractivity contribution is 0.0949. The average molecular weight is 490 g/mol. The van der Waals surface area contributed by atoms with E-state index in [1.165, 1.54) is 17.8 Å². The number of nitrogens with one attached hydrogen (secondary N) is 1. The van der Waals surface area contributed by atoms with Crippen molar-refractivity contribution in [2.75, 3.05) is 0 Å². The molecule has 1 amide bonds. The summed E-state index contributed by atoms with van der Waals surface area (Å²) in [6.07, 6.45) is 0. The second-order valence-electron chi connectivity index (χ2n) is 5.99. The third-order valence-electron chi connectivity index (χ3n) is 4.04. The lowest BCUT2D eigenvalue weighted by atomic mass is 10.2. The fourth-order valence-corrected chi connectivity index (χ4v) is 4.36. The van der Waals surface area contributed by atoms with Gasteiger partial charge in [-0.3, -0.25) is 4.79 Å². The van der Waals surface area contributed by atoms with Crippen LogP contribution in [0.5, 0.6) is 0 Å². The summed E-state index contributed by atoms with van der Waals surface area (Å²) in [5.41, 5.74) is 1.38. The zero-order valence-electron chi connectivity index (χ0n) is 15.3. The van der Waals surface area contributed by atoms with Gasteiger partial charge in [0.05, 0.1) is 27.2 Å². The van der Waals surface area contributed by atoms with Crippen LogP contribution in [-0.4, -0.2) is 20.7 Å². The average Bonchev–Trinajstić information content (AvgIpc) is 3.09. The molecule has 0 fully saturated rings. The van der Waals surface area contributed by atoms with Crippen LogP contribution < -0.4 is 5.32 Å². The number of nitrogens with zero attached hydrogens (tertiary/aromatic N) is 3. The molecular weight excluding hydrogens is 474 g/mol. The summed E-state index contributed by atoms with van der Waals surface area (Å²) in [4.78, 5) is 12.4. The van der Waals surface area contributed by atoms with Gasteiger partial charge in [0, 0.05) is 17.3 Å². The van der Waals surface area contributed by atoms with E-state index in [1.54, 1.807) is 18.2 Å². The highest BCUT2D eigenvalue weighted by molar-refractivity contribution is 7.98. The van der Waals surface area contributed by atoms with Crippen molar-refractivity contribution >= 4 is 64.1 Å². The Bertz CT molecular complexity index is 1040. The Morgan fingerprint density at radius 1 is 1.03 bits per heavy atom. The van der Waals surface area contributed by atoms with Crippen molar-refractivity contribution in [2.24, 2.45) is 0 Å². The highest BCUT2D eigenvalue weighted by Gasteiger charge is 2.15. The summed E-state index contributed by atoms with van der Waals surface area (Å²) in [5.74, 6) is 1.02. The van der Waals surface area contributed by atoms with Crippen LogP contribution in [0.3, 0.4) is 0 Å². The molecule has 0 spiro atoms. The molecule has 0 unspecified atom stereocenters. The normalized spacial score (nSPS) is 10.9. The Balaban J connectivity index is 1.65. The Labute approximate surface area is 192 Å². The van der Waals surface area contributed by atoms with Crippen LogP contribution in [0.2, 0.25) is 20.1 Å². The summed E-state index contributed by atoms with van der Waals surface area (Å²) in [6.45, 7) is 2.89. The molecule has 0 saturated carbocycles. The Kier molecular flexibility index (Phi) is 7.71. The van der Waals surface area contributed by atoms with Crippen LogP contribution in [0, 0.1) is 0 Å². The number of hydrogen-bond donors (Lipinski definition) is 1. The number of thioether (sulfide) groups is 1.